The molecule has 0 spiro atoms. The van der Waals surface area contributed by atoms with E-state index in [9.17, 15) is 9.18 Å². The van der Waals surface area contributed by atoms with Crippen molar-refractivity contribution in [3.05, 3.63) is 45.6 Å². The van der Waals surface area contributed by atoms with E-state index in [1.165, 1.54) is 28.5 Å². The minimum absolute atomic E-state index is 0.0148. The highest BCUT2D eigenvalue weighted by atomic mass is 32.2. The number of amidine groups is 1. The van der Waals surface area contributed by atoms with Crippen molar-refractivity contribution in [1.29, 1.82) is 5.41 Å². The molecule has 0 atom stereocenters. The lowest BCUT2D eigenvalue weighted by molar-refractivity contribution is 0.534. The summed E-state index contributed by atoms with van der Waals surface area (Å²) in [6, 6.07) is 4.24. The SMILES string of the molecule is CC(C)n1c(SCc2cc(F)cc(C(=N)N)c2)n[nH]c1=O. The number of halogens is 1. The van der Waals surface area contributed by atoms with Crippen LogP contribution < -0.4 is 11.4 Å². The Labute approximate surface area is 125 Å². The van der Waals surface area contributed by atoms with Gasteiger partial charge in [-0.3, -0.25) is 9.98 Å². The van der Waals surface area contributed by atoms with Gasteiger partial charge in [0, 0.05) is 17.4 Å². The summed E-state index contributed by atoms with van der Waals surface area (Å²) < 4.78 is 15.0. The van der Waals surface area contributed by atoms with Crippen LogP contribution in [0.2, 0.25) is 0 Å². The Hall–Kier alpha value is -2.09. The number of nitrogens with zero attached hydrogens (tertiary/aromatic N) is 2. The zero-order chi connectivity index (χ0) is 15.6. The number of H-pyrrole nitrogens is 1. The molecule has 1 heterocycles. The maximum atomic E-state index is 13.5. The first-order valence-corrected chi connectivity index (χ1v) is 7.30. The second-order valence-electron chi connectivity index (χ2n) is 4.83. The third-order valence-electron chi connectivity index (χ3n) is 2.82. The maximum Gasteiger partial charge on any atom is 0.344 e. The second kappa shape index (κ2) is 6.13. The second-order valence-corrected chi connectivity index (χ2v) is 5.77. The van der Waals surface area contributed by atoms with Crippen LogP contribution in [0.4, 0.5) is 4.39 Å². The molecular formula is C13H16FN5OS. The van der Waals surface area contributed by atoms with Gasteiger partial charge in [-0.15, -0.1) is 5.10 Å². The number of nitrogens with two attached hydrogens (primary N) is 1. The number of hydrogen-bond donors (Lipinski definition) is 3. The number of thioether (sulfide) groups is 1. The average molecular weight is 309 g/mol. The quantitative estimate of drug-likeness (QED) is 0.446. The van der Waals surface area contributed by atoms with Crippen LogP contribution in [-0.2, 0) is 5.75 Å². The zero-order valence-corrected chi connectivity index (χ0v) is 12.5. The summed E-state index contributed by atoms with van der Waals surface area (Å²) in [5.41, 5.74) is 6.12. The van der Waals surface area contributed by atoms with E-state index in [0.29, 0.717) is 22.0 Å². The molecule has 4 N–H and O–H groups in total. The topological polar surface area (TPSA) is 101 Å². The molecule has 0 amide bonds. The Morgan fingerprint density at radius 1 is 1.52 bits per heavy atom. The Balaban J connectivity index is 2.21. The van der Waals surface area contributed by atoms with Crippen LogP contribution in [0.25, 0.3) is 0 Å². The van der Waals surface area contributed by atoms with E-state index < -0.39 is 5.82 Å². The highest BCUT2D eigenvalue weighted by Gasteiger charge is 2.12. The molecule has 2 rings (SSSR count). The number of rotatable bonds is 5. The first kappa shape index (κ1) is 15.3. The van der Waals surface area contributed by atoms with Gasteiger partial charge in [0.25, 0.3) is 0 Å². The van der Waals surface area contributed by atoms with Crippen molar-refractivity contribution in [1.82, 2.24) is 14.8 Å². The number of aromatic amines is 1. The van der Waals surface area contributed by atoms with Crippen LogP contribution in [0.3, 0.4) is 0 Å². The molecule has 0 aliphatic rings. The fourth-order valence-corrected chi connectivity index (χ4v) is 2.89. The molecule has 0 saturated heterocycles. The third-order valence-corrected chi connectivity index (χ3v) is 3.85. The highest BCUT2D eigenvalue weighted by Crippen LogP contribution is 2.22. The van der Waals surface area contributed by atoms with E-state index in [1.54, 1.807) is 6.07 Å². The van der Waals surface area contributed by atoms with Crippen molar-refractivity contribution >= 4 is 17.6 Å². The zero-order valence-electron chi connectivity index (χ0n) is 11.7. The van der Waals surface area contributed by atoms with Crippen LogP contribution in [0.5, 0.6) is 0 Å². The summed E-state index contributed by atoms with van der Waals surface area (Å²) in [5.74, 6) is -0.198. The summed E-state index contributed by atoms with van der Waals surface area (Å²) in [4.78, 5) is 11.6. The third kappa shape index (κ3) is 3.52. The van der Waals surface area contributed by atoms with E-state index in [1.807, 2.05) is 13.8 Å². The fourth-order valence-electron chi connectivity index (χ4n) is 1.88. The lowest BCUT2D eigenvalue weighted by Crippen LogP contribution is -2.19. The van der Waals surface area contributed by atoms with E-state index in [0.717, 1.165) is 0 Å². The van der Waals surface area contributed by atoms with Gasteiger partial charge in [0.15, 0.2) is 5.16 Å². The van der Waals surface area contributed by atoms with Crippen molar-refractivity contribution in [2.45, 2.75) is 30.8 Å². The number of aromatic nitrogens is 3. The molecule has 6 nitrogen and oxygen atoms in total. The Bertz CT molecular complexity index is 722. The average Bonchev–Trinajstić information content (AvgIpc) is 2.77. The highest BCUT2D eigenvalue weighted by molar-refractivity contribution is 7.98. The Morgan fingerprint density at radius 3 is 2.86 bits per heavy atom. The normalized spacial score (nSPS) is 11.0. The minimum atomic E-state index is -0.443. The van der Waals surface area contributed by atoms with E-state index in [2.05, 4.69) is 10.2 Å². The fraction of sp³-hybridized carbons (Fsp3) is 0.308. The monoisotopic (exact) mass is 309 g/mol. The smallest absolute Gasteiger partial charge is 0.344 e. The Morgan fingerprint density at radius 2 is 2.24 bits per heavy atom. The van der Waals surface area contributed by atoms with Crippen molar-refractivity contribution in [2.24, 2.45) is 5.73 Å². The molecule has 8 heteroatoms. The molecule has 21 heavy (non-hydrogen) atoms. The molecule has 0 radical (unpaired) electrons. The molecular weight excluding hydrogens is 293 g/mol. The molecule has 0 fully saturated rings. The number of nitrogens with one attached hydrogen (secondary N) is 2. The summed E-state index contributed by atoms with van der Waals surface area (Å²) in [6.07, 6.45) is 0. The number of benzene rings is 1. The van der Waals surface area contributed by atoms with Gasteiger partial charge in [0.2, 0.25) is 0 Å². The van der Waals surface area contributed by atoms with E-state index in [-0.39, 0.29) is 17.6 Å². The largest absolute Gasteiger partial charge is 0.384 e. The molecule has 1 aromatic carbocycles. The van der Waals surface area contributed by atoms with Gasteiger partial charge in [-0.1, -0.05) is 11.8 Å². The van der Waals surface area contributed by atoms with E-state index in [4.69, 9.17) is 11.1 Å². The van der Waals surface area contributed by atoms with Gasteiger partial charge in [0.05, 0.1) is 0 Å². The van der Waals surface area contributed by atoms with Crippen molar-refractivity contribution < 1.29 is 4.39 Å². The van der Waals surface area contributed by atoms with Crippen molar-refractivity contribution in [2.75, 3.05) is 0 Å². The minimum Gasteiger partial charge on any atom is -0.384 e. The summed E-state index contributed by atoms with van der Waals surface area (Å²) in [7, 11) is 0. The van der Waals surface area contributed by atoms with Gasteiger partial charge in [-0.25, -0.2) is 14.3 Å². The molecule has 1 aromatic heterocycles. The lowest BCUT2D eigenvalue weighted by atomic mass is 10.1. The molecule has 0 unspecified atom stereocenters. The molecule has 112 valence electrons. The van der Waals surface area contributed by atoms with Crippen LogP contribution in [-0.4, -0.2) is 20.6 Å². The van der Waals surface area contributed by atoms with Gasteiger partial charge in [-0.2, -0.15) is 0 Å². The number of nitrogen functional groups attached to an aromatic ring is 1. The lowest BCUT2D eigenvalue weighted by Gasteiger charge is -2.09. The van der Waals surface area contributed by atoms with Gasteiger partial charge in [0.1, 0.15) is 11.7 Å². The maximum absolute atomic E-state index is 13.5. The predicted molar refractivity (Wildman–Crippen MR) is 80.2 cm³/mol. The van der Waals surface area contributed by atoms with Crippen molar-refractivity contribution in [3.8, 4) is 0 Å². The summed E-state index contributed by atoms with van der Waals surface area (Å²) >= 11 is 1.32. The van der Waals surface area contributed by atoms with Crippen molar-refractivity contribution in [3.63, 3.8) is 0 Å². The predicted octanol–water partition coefficient (Wildman–Crippen LogP) is 1.87. The Kier molecular flexibility index (Phi) is 4.46. The summed E-state index contributed by atoms with van der Waals surface area (Å²) in [5, 5.41) is 14.3. The van der Waals surface area contributed by atoms with Gasteiger partial charge < -0.3 is 5.73 Å². The number of hydrogen-bond acceptors (Lipinski definition) is 4. The molecule has 0 saturated carbocycles. The van der Waals surface area contributed by atoms with Crippen LogP contribution in [0, 0.1) is 11.2 Å². The summed E-state index contributed by atoms with van der Waals surface area (Å²) in [6.45, 7) is 3.77. The van der Waals surface area contributed by atoms with Gasteiger partial charge in [-0.05, 0) is 37.6 Å². The first-order chi connectivity index (χ1) is 9.88. The van der Waals surface area contributed by atoms with Crippen LogP contribution >= 0.6 is 11.8 Å². The molecule has 0 aliphatic heterocycles. The molecule has 0 bridgehead atoms. The van der Waals surface area contributed by atoms with Crippen LogP contribution in [0.1, 0.15) is 31.0 Å². The van der Waals surface area contributed by atoms with Crippen LogP contribution in [0.15, 0.2) is 28.2 Å². The standard InChI is InChI=1S/C13H16FN5OS/c1-7(2)19-12(20)17-18-13(19)21-6-8-3-9(11(15)16)5-10(14)4-8/h3-5,7H,6H2,1-2H3,(H3,15,16)(H,17,20). The van der Waals surface area contributed by atoms with E-state index >= 15 is 0 Å². The molecule has 0 aliphatic carbocycles. The first-order valence-electron chi connectivity index (χ1n) is 6.32. The molecule has 2 aromatic rings. The van der Waals surface area contributed by atoms with Gasteiger partial charge >= 0.3 is 5.69 Å².